The van der Waals surface area contributed by atoms with Crippen LogP contribution in [-0.4, -0.2) is 61.6 Å². The summed E-state index contributed by atoms with van der Waals surface area (Å²) < 4.78 is 5.21. The second-order valence-electron chi connectivity index (χ2n) is 7.30. The molecule has 0 aromatic heterocycles. The summed E-state index contributed by atoms with van der Waals surface area (Å²) in [4.78, 5) is 14.6. The van der Waals surface area contributed by atoms with Gasteiger partial charge in [0.05, 0.1) is 7.11 Å². The van der Waals surface area contributed by atoms with Gasteiger partial charge in [0.1, 0.15) is 5.75 Å². The van der Waals surface area contributed by atoms with E-state index in [9.17, 15) is 4.79 Å². The first-order valence-electron chi connectivity index (χ1n) is 9.66. The van der Waals surface area contributed by atoms with Gasteiger partial charge in [-0.15, -0.1) is 24.8 Å². The van der Waals surface area contributed by atoms with Crippen LogP contribution < -0.4 is 15.4 Å². The molecule has 0 saturated carbocycles. The maximum absolute atomic E-state index is 12.1. The van der Waals surface area contributed by atoms with Crippen LogP contribution in [0.25, 0.3) is 0 Å². The minimum absolute atomic E-state index is 0. The summed E-state index contributed by atoms with van der Waals surface area (Å²) in [5.74, 6) is 3.93. The Kier molecular flexibility index (Phi) is 12.3. The minimum atomic E-state index is 0. The summed E-state index contributed by atoms with van der Waals surface area (Å²) in [7, 11) is 1.70. The van der Waals surface area contributed by atoms with Crippen molar-refractivity contribution in [2.24, 2.45) is 5.92 Å². The summed E-state index contributed by atoms with van der Waals surface area (Å²) in [6, 6.07) is 8.68. The van der Waals surface area contributed by atoms with Crippen molar-refractivity contribution in [3.05, 3.63) is 29.8 Å². The fourth-order valence-electron chi connectivity index (χ4n) is 3.64. The lowest BCUT2D eigenvalue weighted by Crippen LogP contribution is -2.43. The lowest BCUT2D eigenvalue weighted by atomic mass is 9.96. The largest absolute Gasteiger partial charge is 0.497 e. The van der Waals surface area contributed by atoms with Crippen LogP contribution >= 0.6 is 36.6 Å². The third-order valence-electron chi connectivity index (χ3n) is 5.29. The van der Waals surface area contributed by atoms with Gasteiger partial charge in [0, 0.05) is 43.6 Å². The number of carbonyl (C=O) groups is 1. The average molecular weight is 450 g/mol. The number of piperidine rings is 1. The molecular formula is C20H33Cl2N3O2S. The summed E-state index contributed by atoms with van der Waals surface area (Å²) in [5, 5.41) is 6.58. The van der Waals surface area contributed by atoms with Crippen molar-refractivity contribution in [1.82, 2.24) is 15.5 Å². The van der Waals surface area contributed by atoms with Gasteiger partial charge in [-0.2, -0.15) is 11.8 Å². The summed E-state index contributed by atoms with van der Waals surface area (Å²) >= 11 is 1.94. The fraction of sp³-hybridized carbons (Fsp3) is 0.650. The number of amides is 1. The van der Waals surface area contributed by atoms with Crippen LogP contribution in [0.2, 0.25) is 0 Å². The van der Waals surface area contributed by atoms with Gasteiger partial charge >= 0.3 is 0 Å². The molecule has 0 radical (unpaired) electrons. The van der Waals surface area contributed by atoms with E-state index in [0.717, 1.165) is 62.8 Å². The molecule has 0 spiro atoms. The lowest BCUT2D eigenvalue weighted by molar-refractivity contribution is -0.121. The molecule has 1 atom stereocenters. The molecule has 1 aromatic rings. The second-order valence-corrected chi connectivity index (χ2v) is 8.45. The number of carbonyl (C=O) groups excluding carboxylic acids is 1. The molecule has 2 saturated heterocycles. The fourth-order valence-corrected chi connectivity index (χ4v) is 4.59. The number of likely N-dealkylation sites (tertiary alicyclic amines) is 1. The standard InChI is InChI=1S/C20H31N3O2S.2ClH/c1-25-19-4-2-17(3-5-19)14-23-9-6-16(7-10-23)13-22-20(24)12-18-15-26-11-8-21-18;;/h2-5,16,18,21H,6-15H2,1H3,(H,22,24);2*1H. The van der Waals surface area contributed by atoms with Gasteiger partial charge < -0.3 is 15.4 Å². The van der Waals surface area contributed by atoms with E-state index >= 15 is 0 Å². The minimum Gasteiger partial charge on any atom is -0.497 e. The van der Waals surface area contributed by atoms with E-state index < -0.39 is 0 Å². The molecule has 2 aliphatic heterocycles. The second kappa shape index (κ2) is 13.5. The molecule has 2 N–H and O–H groups in total. The molecule has 1 amide bonds. The number of thioether (sulfide) groups is 1. The third-order valence-corrected chi connectivity index (χ3v) is 6.42. The molecule has 3 rings (SSSR count). The van der Waals surface area contributed by atoms with Gasteiger partial charge in [0.25, 0.3) is 0 Å². The maximum Gasteiger partial charge on any atom is 0.221 e. The lowest BCUT2D eigenvalue weighted by Gasteiger charge is -2.32. The van der Waals surface area contributed by atoms with Crippen molar-refractivity contribution in [3.63, 3.8) is 0 Å². The number of rotatable bonds is 7. The highest BCUT2D eigenvalue weighted by atomic mass is 35.5. The Morgan fingerprint density at radius 3 is 2.57 bits per heavy atom. The van der Waals surface area contributed by atoms with Crippen molar-refractivity contribution in [2.45, 2.75) is 31.8 Å². The van der Waals surface area contributed by atoms with Crippen molar-refractivity contribution in [2.75, 3.05) is 44.8 Å². The van der Waals surface area contributed by atoms with Gasteiger partial charge in [-0.1, -0.05) is 12.1 Å². The van der Waals surface area contributed by atoms with E-state index in [1.807, 2.05) is 23.9 Å². The van der Waals surface area contributed by atoms with Crippen LogP contribution in [0.15, 0.2) is 24.3 Å². The van der Waals surface area contributed by atoms with Crippen LogP contribution in [0.4, 0.5) is 0 Å². The normalized spacial score (nSPS) is 20.5. The third kappa shape index (κ3) is 8.37. The van der Waals surface area contributed by atoms with Crippen molar-refractivity contribution >= 4 is 42.5 Å². The monoisotopic (exact) mass is 449 g/mol. The van der Waals surface area contributed by atoms with Crippen LogP contribution in [0.1, 0.15) is 24.8 Å². The Morgan fingerprint density at radius 2 is 1.96 bits per heavy atom. The van der Waals surface area contributed by atoms with Crippen molar-refractivity contribution in [3.8, 4) is 5.75 Å². The van der Waals surface area contributed by atoms with Crippen molar-refractivity contribution in [1.29, 1.82) is 0 Å². The number of hydrogen-bond acceptors (Lipinski definition) is 5. The van der Waals surface area contributed by atoms with E-state index in [1.54, 1.807) is 7.11 Å². The zero-order valence-corrected chi connectivity index (χ0v) is 19.0. The number of benzene rings is 1. The highest BCUT2D eigenvalue weighted by Gasteiger charge is 2.21. The van der Waals surface area contributed by atoms with Crippen LogP contribution in [-0.2, 0) is 11.3 Å². The molecule has 160 valence electrons. The summed E-state index contributed by atoms with van der Waals surface area (Å²) in [6.07, 6.45) is 2.94. The molecule has 0 aliphatic carbocycles. The Labute approximate surface area is 185 Å². The molecule has 1 aromatic carbocycles. The highest BCUT2D eigenvalue weighted by molar-refractivity contribution is 7.99. The van der Waals surface area contributed by atoms with E-state index in [2.05, 4.69) is 27.7 Å². The smallest absolute Gasteiger partial charge is 0.221 e. The van der Waals surface area contributed by atoms with E-state index in [4.69, 9.17) is 4.74 Å². The Balaban J connectivity index is 0.00000196. The number of nitrogens with zero attached hydrogens (tertiary/aromatic N) is 1. The van der Waals surface area contributed by atoms with Gasteiger partial charge in [0.15, 0.2) is 0 Å². The topological polar surface area (TPSA) is 53.6 Å². The first-order valence-corrected chi connectivity index (χ1v) is 10.8. The average Bonchev–Trinajstić information content (AvgIpc) is 2.69. The maximum atomic E-state index is 12.1. The summed E-state index contributed by atoms with van der Waals surface area (Å²) in [6.45, 7) is 5.05. The predicted molar refractivity (Wildman–Crippen MR) is 122 cm³/mol. The zero-order chi connectivity index (χ0) is 18.2. The van der Waals surface area contributed by atoms with Crippen LogP contribution in [0.3, 0.4) is 0 Å². The van der Waals surface area contributed by atoms with Crippen LogP contribution in [0.5, 0.6) is 5.75 Å². The molecule has 2 heterocycles. The van der Waals surface area contributed by atoms with E-state index in [-0.39, 0.29) is 30.7 Å². The predicted octanol–water partition coefficient (Wildman–Crippen LogP) is 2.96. The zero-order valence-electron chi connectivity index (χ0n) is 16.5. The molecule has 2 fully saturated rings. The first kappa shape index (κ1) is 25.4. The van der Waals surface area contributed by atoms with Gasteiger partial charge in [-0.3, -0.25) is 9.69 Å². The SMILES string of the molecule is COc1ccc(CN2CCC(CNC(=O)CC3CSCCN3)CC2)cc1.Cl.Cl. The van der Waals surface area contributed by atoms with Gasteiger partial charge in [0.2, 0.25) is 5.91 Å². The number of ether oxygens (including phenoxy) is 1. The van der Waals surface area contributed by atoms with E-state index in [0.29, 0.717) is 18.4 Å². The van der Waals surface area contributed by atoms with Crippen molar-refractivity contribution < 1.29 is 9.53 Å². The number of hydrogen-bond donors (Lipinski definition) is 2. The Morgan fingerprint density at radius 1 is 1.25 bits per heavy atom. The van der Waals surface area contributed by atoms with Crippen LogP contribution in [0, 0.1) is 5.92 Å². The van der Waals surface area contributed by atoms with Gasteiger partial charge in [-0.25, -0.2) is 0 Å². The number of nitrogens with one attached hydrogen (secondary N) is 2. The van der Waals surface area contributed by atoms with Gasteiger partial charge in [-0.05, 0) is 49.5 Å². The highest BCUT2D eigenvalue weighted by Crippen LogP contribution is 2.20. The molecule has 8 heteroatoms. The molecule has 5 nitrogen and oxygen atoms in total. The molecule has 0 bridgehead atoms. The Bertz CT molecular complexity index is 563. The molecule has 28 heavy (non-hydrogen) atoms. The summed E-state index contributed by atoms with van der Waals surface area (Å²) in [5.41, 5.74) is 1.33. The molecule has 1 unspecified atom stereocenters. The van der Waals surface area contributed by atoms with E-state index in [1.165, 1.54) is 5.56 Å². The molecule has 2 aliphatic rings. The Hall–Kier alpha value is -0.660. The first-order chi connectivity index (χ1) is 12.7. The number of methoxy groups -OCH3 is 1. The molecular weight excluding hydrogens is 417 g/mol. The quantitative estimate of drug-likeness (QED) is 0.669. The number of halogens is 2.